The molecule has 2 fully saturated rings. The normalized spacial score (nSPS) is 18.3. The van der Waals surface area contributed by atoms with Crippen molar-refractivity contribution in [3.05, 3.63) is 24.2 Å². The highest BCUT2D eigenvalue weighted by molar-refractivity contribution is 7.54. The second-order valence-corrected chi connectivity index (χ2v) is 15.2. The van der Waals surface area contributed by atoms with E-state index < -0.39 is 68.0 Å². The van der Waals surface area contributed by atoms with E-state index in [0.29, 0.717) is 5.52 Å². The molecule has 19 heteroatoms. The maximum atomic E-state index is 14.6. The third-order valence-corrected chi connectivity index (χ3v) is 11.4. The second kappa shape index (κ2) is 18.8. The molecule has 2 heterocycles. The van der Waals surface area contributed by atoms with Crippen molar-refractivity contribution in [2.45, 2.75) is 109 Å². The Balaban J connectivity index is 1.68. The topological polar surface area (TPSA) is 245 Å². The van der Waals surface area contributed by atoms with Crippen LogP contribution in [0.2, 0.25) is 0 Å². The van der Waals surface area contributed by atoms with Crippen molar-refractivity contribution in [3.8, 4) is 6.07 Å². The van der Waals surface area contributed by atoms with Gasteiger partial charge in [0.2, 0.25) is 5.60 Å². The second-order valence-electron chi connectivity index (χ2n) is 13.3. The molecule has 5 atom stereocenters. The summed E-state index contributed by atoms with van der Waals surface area (Å²) >= 11 is 0. The Morgan fingerprint density at radius 3 is 2.00 bits per heavy atom. The molecule has 292 valence electrons. The van der Waals surface area contributed by atoms with Gasteiger partial charge in [-0.1, -0.05) is 26.7 Å². The number of esters is 4. The molecule has 0 aromatic carbocycles. The van der Waals surface area contributed by atoms with Crippen LogP contribution >= 0.6 is 7.67 Å². The minimum atomic E-state index is -4.52. The highest BCUT2D eigenvalue weighted by atomic mass is 31.2. The summed E-state index contributed by atoms with van der Waals surface area (Å²) in [6.45, 7) is 5.36. The number of nitrogens with zero attached hydrogens (tertiary/aromatic N) is 4. The number of anilines is 1. The van der Waals surface area contributed by atoms with Gasteiger partial charge < -0.3 is 33.9 Å². The van der Waals surface area contributed by atoms with E-state index in [1.54, 1.807) is 13.0 Å². The molecule has 0 unspecified atom stereocenters. The molecule has 2 aromatic rings. The molecule has 2 aliphatic carbocycles. The van der Waals surface area contributed by atoms with Gasteiger partial charge in [-0.05, 0) is 63.5 Å². The molecule has 0 saturated heterocycles. The smallest absolute Gasteiger partial charge is 0.342 e. The number of carbonyl (C=O) groups excluding carboxylic acids is 4. The highest BCUT2D eigenvalue weighted by Gasteiger charge is 2.52. The maximum Gasteiger partial charge on any atom is 0.342 e. The Labute approximate surface area is 308 Å². The number of ether oxygens (including phenoxy) is 5. The van der Waals surface area contributed by atoms with Crippen LogP contribution in [0.25, 0.3) is 5.52 Å². The molecule has 0 spiro atoms. The third kappa shape index (κ3) is 10.5. The molecular weight excluding hydrogens is 713 g/mol. The van der Waals surface area contributed by atoms with Crippen LogP contribution < -0.4 is 15.9 Å². The monoisotopic (exact) mass is 763 g/mol. The maximum absolute atomic E-state index is 14.6. The zero-order valence-corrected chi connectivity index (χ0v) is 31.7. The van der Waals surface area contributed by atoms with E-state index in [9.17, 15) is 29.0 Å². The van der Waals surface area contributed by atoms with E-state index in [4.69, 9.17) is 33.9 Å². The zero-order valence-electron chi connectivity index (χ0n) is 30.8. The van der Waals surface area contributed by atoms with Crippen molar-refractivity contribution in [1.29, 1.82) is 5.26 Å². The summed E-state index contributed by atoms with van der Waals surface area (Å²) in [6.07, 6.45) is 3.43. The Bertz CT molecular complexity index is 1650. The van der Waals surface area contributed by atoms with E-state index in [2.05, 4.69) is 20.3 Å². The van der Waals surface area contributed by atoms with Crippen LogP contribution in [0.3, 0.4) is 0 Å². The number of methoxy groups -OCH3 is 1. The van der Waals surface area contributed by atoms with Crippen LogP contribution in [0.4, 0.5) is 5.82 Å². The number of aromatic nitrogens is 3. The van der Waals surface area contributed by atoms with E-state index in [1.807, 2.05) is 6.07 Å². The zero-order chi connectivity index (χ0) is 38.8. The number of carbonyl (C=O) groups is 4. The Morgan fingerprint density at radius 1 is 0.981 bits per heavy atom. The number of nitrogen functional groups attached to an aromatic ring is 1. The molecule has 0 radical (unpaired) electrons. The molecule has 0 amide bonds. The average Bonchev–Trinajstić information content (AvgIpc) is 3.54. The van der Waals surface area contributed by atoms with Gasteiger partial charge in [0.15, 0.2) is 18.0 Å². The lowest BCUT2D eigenvalue weighted by Crippen LogP contribution is -2.54. The van der Waals surface area contributed by atoms with Gasteiger partial charge in [-0.2, -0.15) is 10.4 Å². The molecule has 0 aliphatic heterocycles. The van der Waals surface area contributed by atoms with Crippen molar-refractivity contribution in [3.63, 3.8) is 0 Å². The lowest BCUT2D eigenvalue weighted by atomic mass is 9.86. The van der Waals surface area contributed by atoms with Crippen molar-refractivity contribution in [2.24, 2.45) is 11.8 Å². The number of nitrogens with one attached hydrogen (secondary N) is 2. The first-order valence-electron chi connectivity index (χ1n) is 17.8. The molecule has 18 nitrogen and oxygen atoms in total. The van der Waals surface area contributed by atoms with Gasteiger partial charge in [0.25, 0.3) is 0 Å². The Kier molecular flexibility index (Phi) is 14.7. The number of hydrogen-bond acceptors (Lipinski definition) is 15. The Hall–Kier alpha value is -4.14. The molecule has 0 bridgehead atoms. The number of hydrogen-bond donors (Lipinski definition) is 3. The molecule has 2 aromatic heterocycles. The van der Waals surface area contributed by atoms with Crippen LogP contribution in [0.5, 0.6) is 0 Å². The van der Waals surface area contributed by atoms with Gasteiger partial charge >= 0.3 is 31.5 Å². The fraction of sp³-hybridized carbons (Fsp3) is 0.676. The van der Waals surface area contributed by atoms with Crippen molar-refractivity contribution in [1.82, 2.24) is 24.8 Å². The van der Waals surface area contributed by atoms with Gasteiger partial charge in [-0.15, -0.1) is 0 Å². The number of nitriles is 1. The Morgan fingerprint density at radius 2 is 1.53 bits per heavy atom. The first kappa shape index (κ1) is 41.6. The van der Waals surface area contributed by atoms with E-state index >= 15 is 0 Å². The number of fused-ring (bicyclic) bond motifs is 1. The van der Waals surface area contributed by atoms with Crippen LogP contribution in [-0.4, -0.2) is 89.2 Å². The predicted molar refractivity (Wildman–Crippen MR) is 187 cm³/mol. The predicted octanol–water partition coefficient (Wildman–Crippen LogP) is 3.30. The SMILES string of the molecule is CCC(=O)O[C@@H](c1ccc2c(N)ncnn12)[C@H](OC(=O)CC)[C@@](C#N)(COP(=O)(N[C@@H](C)C(=O)OCC1CCC1)N[C@@H](C)C(=O)OCC1CCC1)OC. The summed E-state index contributed by atoms with van der Waals surface area (Å²) in [5.41, 5.74) is 4.16. The molecule has 53 heavy (non-hydrogen) atoms. The van der Waals surface area contributed by atoms with E-state index in [-0.39, 0.29) is 49.4 Å². The van der Waals surface area contributed by atoms with Crippen LogP contribution in [-0.2, 0) is 52.0 Å². The lowest BCUT2D eigenvalue weighted by molar-refractivity contribution is -0.193. The van der Waals surface area contributed by atoms with Gasteiger partial charge in [0.05, 0.1) is 18.9 Å². The summed E-state index contributed by atoms with van der Waals surface area (Å²) in [4.78, 5) is 55.8. The van der Waals surface area contributed by atoms with Gasteiger partial charge in [-0.3, -0.25) is 23.7 Å². The van der Waals surface area contributed by atoms with Gasteiger partial charge in [-0.25, -0.2) is 19.7 Å². The van der Waals surface area contributed by atoms with E-state index in [0.717, 1.165) is 45.6 Å². The summed E-state index contributed by atoms with van der Waals surface area (Å²) < 4.78 is 50.0. The molecule has 4 rings (SSSR count). The average molecular weight is 764 g/mol. The first-order chi connectivity index (χ1) is 25.3. The van der Waals surface area contributed by atoms with Gasteiger partial charge in [0.1, 0.15) is 36.6 Å². The molecule has 2 aliphatic rings. The van der Waals surface area contributed by atoms with Crippen LogP contribution in [0, 0.1) is 23.2 Å². The fourth-order valence-corrected chi connectivity index (χ4v) is 7.43. The number of nitrogens with two attached hydrogens (primary N) is 1. The summed E-state index contributed by atoms with van der Waals surface area (Å²) in [5, 5.41) is 20.2. The third-order valence-electron chi connectivity index (χ3n) is 9.45. The standard InChI is InChI=1S/C34H50N7O11P/c1-6-27(42)51-29(25-14-15-26-31(36)37-20-38-41(25)26)30(52-28(43)7-2)34(18-35,47-5)19-50-53(46,39-21(3)32(44)48-16-23-10-8-11-23)40-22(4)33(45)49-17-24-12-9-13-24/h14-15,20-24,29-30H,6-13,16-17,19H2,1-5H3,(H2,36,37,38)(H2,39,40,46)/t21-,22-,29-,30-,34+/m0/s1. The van der Waals surface area contributed by atoms with Gasteiger partial charge in [0, 0.05) is 20.0 Å². The first-order valence-corrected chi connectivity index (χ1v) is 19.5. The quantitative estimate of drug-likeness (QED) is 0.0938. The van der Waals surface area contributed by atoms with Crippen molar-refractivity contribution >= 4 is 42.9 Å². The minimum Gasteiger partial charge on any atom is -0.464 e. The van der Waals surface area contributed by atoms with Crippen molar-refractivity contribution < 1.29 is 52.0 Å². The summed E-state index contributed by atoms with van der Waals surface area (Å²) in [6, 6.07) is 2.58. The lowest BCUT2D eigenvalue weighted by Gasteiger charge is -2.38. The van der Waals surface area contributed by atoms with Crippen LogP contribution in [0.1, 0.15) is 90.9 Å². The largest absolute Gasteiger partial charge is 0.464 e. The fourth-order valence-electron chi connectivity index (χ4n) is 5.60. The van der Waals surface area contributed by atoms with Crippen molar-refractivity contribution in [2.75, 3.05) is 32.7 Å². The minimum absolute atomic E-state index is 0.0919. The molecule has 4 N–H and O–H groups in total. The summed E-state index contributed by atoms with van der Waals surface area (Å²) in [7, 11) is -3.39. The summed E-state index contributed by atoms with van der Waals surface area (Å²) in [5.74, 6) is -2.39. The highest BCUT2D eigenvalue weighted by Crippen LogP contribution is 2.43. The molecular formula is C34H50N7O11P. The van der Waals surface area contributed by atoms with Crippen LogP contribution in [0.15, 0.2) is 18.5 Å². The molecule has 2 saturated carbocycles. The number of rotatable bonds is 21. The van der Waals surface area contributed by atoms with E-state index in [1.165, 1.54) is 37.7 Å².